The summed E-state index contributed by atoms with van der Waals surface area (Å²) in [7, 11) is 0. The summed E-state index contributed by atoms with van der Waals surface area (Å²) in [6, 6.07) is 8.17. The van der Waals surface area contributed by atoms with Crippen molar-refractivity contribution in [1.82, 2.24) is 20.2 Å². The van der Waals surface area contributed by atoms with Gasteiger partial charge in [0.15, 0.2) is 0 Å². The number of benzene rings is 1. The van der Waals surface area contributed by atoms with Crippen LogP contribution in [0.2, 0.25) is 0 Å². The van der Waals surface area contributed by atoms with E-state index in [0.717, 1.165) is 28.8 Å². The van der Waals surface area contributed by atoms with Crippen molar-refractivity contribution < 1.29 is 4.42 Å². The van der Waals surface area contributed by atoms with Gasteiger partial charge >= 0.3 is 0 Å². The van der Waals surface area contributed by atoms with Gasteiger partial charge in [0.05, 0.1) is 5.75 Å². The number of thioether (sulfide) groups is 1. The lowest BCUT2D eigenvalue weighted by Gasteiger charge is -2.18. The van der Waals surface area contributed by atoms with Gasteiger partial charge in [-0.15, -0.1) is 21.5 Å². The molecule has 158 valence electrons. The van der Waals surface area contributed by atoms with Crippen LogP contribution in [-0.4, -0.2) is 20.2 Å². The number of rotatable bonds is 5. The standard InChI is InChI=1S/C24H24N4OS2/c1-13-3-6-16(7-4-13)22-28-27-19(29-22)12-30-23-20-17-10-5-14(2)11-18(17)31-24(20)26-21(25-23)15-8-9-15/h3-4,6-7,14-15H,5,8-12H2,1-2H3. The molecule has 1 atom stereocenters. The Bertz CT molecular complexity index is 1260. The molecular formula is C24H24N4OS2. The summed E-state index contributed by atoms with van der Waals surface area (Å²) in [4.78, 5) is 12.7. The van der Waals surface area contributed by atoms with E-state index in [1.165, 1.54) is 51.9 Å². The van der Waals surface area contributed by atoms with Crippen LogP contribution in [0.15, 0.2) is 33.7 Å². The third-order valence-electron chi connectivity index (χ3n) is 6.18. The molecule has 2 aliphatic rings. The second-order valence-corrected chi connectivity index (χ2v) is 10.9. The van der Waals surface area contributed by atoms with Crippen molar-refractivity contribution in [3.8, 4) is 11.5 Å². The van der Waals surface area contributed by atoms with Crippen LogP contribution in [0.5, 0.6) is 0 Å². The molecule has 1 aromatic carbocycles. The molecule has 31 heavy (non-hydrogen) atoms. The summed E-state index contributed by atoms with van der Waals surface area (Å²) in [5, 5.41) is 10.9. The Morgan fingerprint density at radius 2 is 1.94 bits per heavy atom. The molecule has 0 spiro atoms. The number of aromatic nitrogens is 4. The van der Waals surface area contributed by atoms with Gasteiger partial charge in [0.25, 0.3) is 0 Å². The molecule has 4 aromatic rings. The molecule has 2 aliphatic carbocycles. The molecule has 1 unspecified atom stereocenters. The third-order valence-corrected chi connectivity index (χ3v) is 8.29. The minimum atomic E-state index is 0.540. The van der Waals surface area contributed by atoms with E-state index in [2.05, 4.69) is 36.2 Å². The van der Waals surface area contributed by atoms with E-state index in [1.54, 1.807) is 11.8 Å². The highest BCUT2D eigenvalue weighted by Crippen LogP contribution is 2.45. The summed E-state index contributed by atoms with van der Waals surface area (Å²) in [5.41, 5.74) is 3.65. The molecule has 0 aliphatic heterocycles. The fraction of sp³-hybridized carbons (Fsp3) is 0.417. The van der Waals surface area contributed by atoms with Gasteiger partial charge in [-0.2, -0.15) is 0 Å². The van der Waals surface area contributed by atoms with Crippen LogP contribution in [-0.2, 0) is 18.6 Å². The SMILES string of the molecule is Cc1ccc(-c2nnc(CSc3nc(C4CC4)nc4sc5c(c34)CCC(C)C5)o2)cc1. The molecule has 3 aromatic heterocycles. The van der Waals surface area contributed by atoms with Gasteiger partial charge in [-0.25, -0.2) is 9.97 Å². The molecule has 0 amide bonds. The molecule has 3 heterocycles. The first-order valence-electron chi connectivity index (χ1n) is 11.0. The maximum Gasteiger partial charge on any atom is 0.247 e. The van der Waals surface area contributed by atoms with E-state index in [4.69, 9.17) is 14.4 Å². The van der Waals surface area contributed by atoms with Crippen molar-refractivity contribution in [2.24, 2.45) is 5.92 Å². The highest BCUT2D eigenvalue weighted by atomic mass is 32.2. The Morgan fingerprint density at radius 1 is 1.10 bits per heavy atom. The molecule has 1 saturated carbocycles. The average molecular weight is 449 g/mol. The number of hydrogen-bond donors (Lipinski definition) is 0. The molecular weight excluding hydrogens is 424 g/mol. The Morgan fingerprint density at radius 3 is 2.74 bits per heavy atom. The monoisotopic (exact) mass is 448 g/mol. The van der Waals surface area contributed by atoms with Crippen LogP contribution in [0.25, 0.3) is 21.7 Å². The third kappa shape index (κ3) is 3.78. The molecule has 0 saturated heterocycles. The van der Waals surface area contributed by atoms with Gasteiger partial charge in [0, 0.05) is 21.7 Å². The van der Waals surface area contributed by atoms with E-state index in [0.29, 0.717) is 23.5 Å². The number of nitrogens with zero attached hydrogens (tertiary/aromatic N) is 4. The van der Waals surface area contributed by atoms with Crippen LogP contribution < -0.4 is 0 Å². The molecule has 6 rings (SSSR count). The molecule has 0 N–H and O–H groups in total. The van der Waals surface area contributed by atoms with Crippen molar-refractivity contribution in [2.45, 2.75) is 62.6 Å². The first-order valence-corrected chi connectivity index (χ1v) is 12.8. The van der Waals surface area contributed by atoms with Crippen LogP contribution in [0.1, 0.15) is 59.8 Å². The zero-order valence-corrected chi connectivity index (χ0v) is 19.4. The van der Waals surface area contributed by atoms with E-state index in [-0.39, 0.29) is 0 Å². The molecule has 0 radical (unpaired) electrons. The number of fused-ring (bicyclic) bond motifs is 3. The zero-order chi connectivity index (χ0) is 20.9. The largest absolute Gasteiger partial charge is 0.420 e. The van der Waals surface area contributed by atoms with Gasteiger partial charge in [0.2, 0.25) is 11.8 Å². The Labute approximate surface area is 189 Å². The van der Waals surface area contributed by atoms with Crippen LogP contribution in [0.4, 0.5) is 0 Å². The smallest absolute Gasteiger partial charge is 0.247 e. The van der Waals surface area contributed by atoms with Gasteiger partial charge < -0.3 is 4.42 Å². The second kappa shape index (κ2) is 7.71. The Kier molecular flexibility index (Phi) is 4.83. The Hall–Kier alpha value is -2.25. The maximum absolute atomic E-state index is 5.96. The summed E-state index contributed by atoms with van der Waals surface area (Å²) < 4.78 is 5.96. The fourth-order valence-corrected chi connectivity index (χ4v) is 6.56. The van der Waals surface area contributed by atoms with Crippen molar-refractivity contribution >= 4 is 33.3 Å². The van der Waals surface area contributed by atoms with Crippen molar-refractivity contribution in [3.63, 3.8) is 0 Å². The minimum absolute atomic E-state index is 0.540. The van der Waals surface area contributed by atoms with Gasteiger partial charge in [0.1, 0.15) is 15.7 Å². The number of thiophene rings is 1. The normalized spacial score (nSPS) is 18.5. The summed E-state index contributed by atoms with van der Waals surface area (Å²) in [5.74, 6) is 4.15. The van der Waals surface area contributed by atoms with Crippen LogP contribution >= 0.6 is 23.1 Å². The summed E-state index contributed by atoms with van der Waals surface area (Å²) >= 11 is 3.60. The maximum atomic E-state index is 5.96. The predicted molar refractivity (Wildman–Crippen MR) is 125 cm³/mol. The number of hydrogen-bond acceptors (Lipinski definition) is 7. The number of aryl methyl sites for hydroxylation is 2. The predicted octanol–water partition coefficient (Wildman–Crippen LogP) is 6.34. The van der Waals surface area contributed by atoms with E-state index in [1.807, 2.05) is 23.5 Å². The molecule has 0 bridgehead atoms. The topological polar surface area (TPSA) is 64.7 Å². The van der Waals surface area contributed by atoms with Crippen LogP contribution in [0, 0.1) is 12.8 Å². The minimum Gasteiger partial charge on any atom is -0.420 e. The van der Waals surface area contributed by atoms with Crippen molar-refractivity contribution in [3.05, 3.63) is 52.0 Å². The van der Waals surface area contributed by atoms with Crippen molar-refractivity contribution in [2.75, 3.05) is 0 Å². The lowest BCUT2D eigenvalue weighted by atomic mass is 9.89. The summed E-state index contributed by atoms with van der Waals surface area (Å²) in [6.07, 6.45) is 5.97. The lowest BCUT2D eigenvalue weighted by molar-refractivity contribution is 0.509. The van der Waals surface area contributed by atoms with Gasteiger partial charge in [-0.1, -0.05) is 36.4 Å². The lowest BCUT2D eigenvalue weighted by Crippen LogP contribution is -2.08. The first-order chi connectivity index (χ1) is 15.1. The zero-order valence-electron chi connectivity index (χ0n) is 17.7. The first kappa shape index (κ1) is 19.4. The molecule has 7 heteroatoms. The quantitative estimate of drug-likeness (QED) is 0.262. The van der Waals surface area contributed by atoms with E-state index < -0.39 is 0 Å². The fourth-order valence-electron chi connectivity index (χ4n) is 4.21. The molecule has 5 nitrogen and oxygen atoms in total. The van der Waals surface area contributed by atoms with E-state index >= 15 is 0 Å². The Balaban J connectivity index is 1.31. The highest BCUT2D eigenvalue weighted by molar-refractivity contribution is 7.98. The highest BCUT2D eigenvalue weighted by Gasteiger charge is 2.30. The second-order valence-electron chi connectivity index (χ2n) is 8.85. The van der Waals surface area contributed by atoms with Gasteiger partial charge in [-0.3, -0.25) is 0 Å². The van der Waals surface area contributed by atoms with Crippen LogP contribution in [0.3, 0.4) is 0 Å². The average Bonchev–Trinajstić information content (AvgIpc) is 3.40. The van der Waals surface area contributed by atoms with E-state index in [9.17, 15) is 0 Å². The van der Waals surface area contributed by atoms with Gasteiger partial charge in [-0.05, 0) is 62.6 Å². The molecule has 1 fully saturated rings. The van der Waals surface area contributed by atoms with Crippen molar-refractivity contribution in [1.29, 1.82) is 0 Å². The summed E-state index contributed by atoms with van der Waals surface area (Å²) in [6.45, 7) is 4.42.